The molecule has 0 unspecified atom stereocenters. The quantitative estimate of drug-likeness (QED) is 0.643. The molecule has 2 aromatic carbocycles. The lowest BCUT2D eigenvalue weighted by Crippen LogP contribution is -2.05. The molecule has 4 rings (SSSR count). The lowest BCUT2D eigenvalue weighted by molar-refractivity contribution is 0.340. The summed E-state index contributed by atoms with van der Waals surface area (Å²) < 4.78 is 7.64. The van der Waals surface area contributed by atoms with E-state index in [9.17, 15) is 0 Å². The van der Waals surface area contributed by atoms with Crippen molar-refractivity contribution in [3.05, 3.63) is 53.1 Å². The topological polar surface area (TPSA) is 39.9 Å². The van der Waals surface area contributed by atoms with Gasteiger partial charge in [0.25, 0.3) is 0 Å². The van der Waals surface area contributed by atoms with Crippen LogP contribution in [0.5, 0.6) is 5.75 Å². The van der Waals surface area contributed by atoms with E-state index < -0.39 is 0 Å². The summed E-state index contributed by atoms with van der Waals surface area (Å²) in [6.45, 7) is 4.94. The van der Waals surface area contributed by atoms with Gasteiger partial charge in [-0.15, -0.1) is 5.10 Å². The summed E-state index contributed by atoms with van der Waals surface area (Å²) in [5.41, 5.74) is 8.61. The highest BCUT2D eigenvalue weighted by Gasteiger charge is 2.23. The van der Waals surface area contributed by atoms with Crippen LogP contribution in [0, 0.1) is 0 Å². The van der Waals surface area contributed by atoms with E-state index in [2.05, 4.69) is 47.6 Å². The number of rotatable bonds is 5. The predicted octanol–water partition coefficient (Wildman–Crippen LogP) is 4.99. The first-order valence-corrected chi connectivity index (χ1v) is 9.99. The zero-order valence-electron chi connectivity index (χ0n) is 16.5. The number of hydrogen-bond donors (Lipinski definition) is 0. The van der Waals surface area contributed by atoms with Gasteiger partial charge in [0.15, 0.2) is 0 Å². The van der Waals surface area contributed by atoms with Crippen molar-refractivity contribution in [2.75, 3.05) is 6.61 Å². The molecule has 0 N–H and O–H groups in total. The van der Waals surface area contributed by atoms with Crippen molar-refractivity contribution in [2.24, 2.45) is 7.05 Å². The number of unbranched alkanes of at least 4 members (excludes halogenated alkanes) is 1. The molecular weight excluding hydrogens is 334 g/mol. The van der Waals surface area contributed by atoms with Gasteiger partial charge in [0.1, 0.15) is 11.4 Å². The maximum Gasteiger partial charge on any atom is 0.121 e. The molecule has 0 spiro atoms. The third-order valence-electron chi connectivity index (χ3n) is 5.38. The van der Waals surface area contributed by atoms with Crippen molar-refractivity contribution >= 4 is 0 Å². The zero-order chi connectivity index (χ0) is 18.8. The number of fused-ring (bicyclic) bond motifs is 5. The maximum atomic E-state index is 5.73. The number of benzene rings is 2. The number of nitrogens with zero attached hydrogens (tertiary/aromatic N) is 3. The molecule has 0 saturated heterocycles. The molecule has 0 atom stereocenters. The van der Waals surface area contributed by atoms with Crippen LogP contribution in [0.4, 0.5) is 0 Å². The van der Waals surface area contributed by atoms with Gasteiger partial charge in [-0.3, -0.25) is 0 Å². The first-order chi connectivity index (χ1) is 13.2. The van der Waals surface area contributed by atoms with Crippen molar-refractivity contribution in [1.29, 1.82) is 0 Å². The first-order valence-electron chi connectivity index (χ1n) is 9.99. The van der Waals surface area contributed by atoms with Crippen molar-refractivity contribution in [3.8, 4) is 28.3 Å². The Balaban J connectivity index is 1.84. The van der Waals surface area contributed by atoms with Crippen LogP contribution in [-0.2, 0) is 26.3 Å². The summed E-state index contributed by atoms with van der Waals surface area (Å²) in [6, 6.07) is 13.3. The first kappa shape index (κ1) is 17.8. The van der Waals surface area contributed by atoms with Crippen LogP contribution >= 0.6 is 0 Å². The van der Waals surface area contributed by atoms with Gasteiger partial charge in [-0.05, 0) is 67.5 Å². The van der Waals surface area contributed by atoms with E-state index in [4.69, 9.17) is 4.74 Å². The van der Waals surface area contributed by atoms with Gasteiger partial charge in [0.2, 0.25) is 0 Å². The third-order valence-corrected chi connectivity index (χ3v) is 5.38. The molecule has 0 radical (unpaired) electrons. The standard InChI is InChI=1S/C23H27N3O/c1-4-6-7-16-8-12-21-17(14-16)9-10-18-15-19(27-5-2)11-13-20(18)22-23(21)26(3)25-24-22/h8,11-15H,4-7,9-10H2,1-3H3. The predicted molar refractivity (Wildman–Crippen MR) is 109 cm³/mol. The Hall–Kier alpha value is -2.62. The van der Waals surface area contributed by atoms with Gasteiger partial charge in [-0.25, -0.2) is 4.68 Å². The second kappa shape index (κ2) is 7.55. The smallest absolute Gasteiger partial charge is 0.121 e. The van der Waals surface area contributed by atoms with E-state index in [0.29, 0.717) is 6.61 Å². The Labute approximate surface area is 161 Å². The van der Waals surface area contributed by atoms with Crippen LogP contribution in [0.3, 0.4) is 0 Å². The number of ether oxygens (including phenoxy) is 1. The minimum absolute atomic E-state index is 0.679. The summed E-state index contributed by atoms with van der Waals surface area (Å²) in [5.74, 6) is 0.930. The lowest BCUT2D eigenvalue weighted by Gasteiger charge is -2.19. The minimum atomic E-state index is 0.679. The molecule has 0 amide bonds. The molecule has 4 heteroatoms. The molecule has 0 fully saturated rings. The Morgan fingerprint density at radius 1 is 1.00 bits per heavy atom. The maximum absolute atomic E-state index is 5.73. The summed E-state index contributed by atoms with van der Waals surface area (Å²) >= 11 is 0. The van der Waals surface area contributed by atoms with Crippen molar-refractivity contribution in [1.82, 2.24) is 15.0 Å². The molecule has 3 aromatic rings. The molecular formula is C23H27N3O. The Bertz CT molecular complexity index is 958. The molecule has 1 heterocycles. The van der Waals surface area contributed by atoms with Gasteiger partial charge in [0, 0.05) is 18.2 Å². The van der Waals surface area contributed by atoms with E-state index in [1.807, 2.05) is 24.7 Å². The Kier molecular flexibility index (Phi) is 4.97. The van der Waals surface area contributed by atoms with E-state index in [0.717, 1.165) is 36.4 Å². The highest BCUT2D eigenvalue weighted by Crippen LogP contribution is 2.38. The van der Waals surface area contributed by atoms with Crippen LogP contribution in [0.1, 0.15) is 43.4 Å². The largest absolute Gasteiger partial charge is 0.494 e. The average Bonchev–Trinajstić information content (AvgIpc) is 3.04. The highest BCUT2D eigenvalue weighted by atomic mass is 16.5. The van der Waals surface area contributed by atoms with Crippen molar-refractivity contribution in [3.63, 3.8) is 0 Å². The van der Waals surface area contributed by atoms with E-state index >= 15 is 0 Å². The van der Waals surface area contributed by atoms with E-state index in [1.165, 1.54) is 40.7 Å². The summed E-state index contributed by atoms with van der Waals surface area (Å²) in [6.07, 6.45) is 5.60. The zero-order valence-corrected chi connectivity index (χ0v) is 16.5. The molecule has 1 aliphatic carbocycles. The second-order valence-corrected chi connectivity index (χ2v) is 7.26. The van der Waals surface area contributed by atoms with Gasteiger partial charge in [-0.1, -0.05) is 36.8 Å². The fourth-order valence-corrected chi connectivity index (χ4v) is 4.00. The monoisotopic (exact) mass is 361 g/mol. The van der Waals surface area contributed by atoms with E-state index in [-0.39, 0.29) is 0 Å². The molecule has 140 valence electrons. The molecule has 1 aliphatic rings. The van der Waals surface area contributed by atoms with Gasteiger partial charge >= 0.3 is 0 Å². The van der Waals surface area contributed by atoms with Crippen LogP contribution in [-0.4, -0.2) is 21.6 Å². The van der Waals surface area contributed by atoms with Gasteiger partial charge < -0.3 is 4.74 Å². The minimum Gasteiger partial charge on any atom is -0.494 e. The van der Waals surface area contributed by atoms with Crippen LogP contribution < -0.4 is 4.74 Å². The molecule has 4 nitrogen and oxygen atoms in total. The van der Waals surface area contributed by atoms with Gasteiger partial charge in [0.05, 0.1) is 12.3 Å². The Morgan fingerprint density at radius 2 is 1.78 bits per heavy atom. The number of aryl methyl sites for hydroxylation is 4. The fraction of sp³-hybridized carbons (Fsp3) is 0.391. The summed E-state index contributed by atoms with van der Waals surface area (Å²) in [7, 11) is 1.98. The molecule has 27 heavy (non-hydrogen) atoms. The normalized spacial score (nSPS) is 12.6. The van der Waals surface area contributed by atoms with Crippen LogP contribution in [0.15, 0.2) is 36.4 Å². The molecule has 1 aromatic heterocycles. The second-order valence-electron chi connectivity index (χ2n) is 7.26. The number of aromatic nitrogens is 3. The van der Waals surface area contributed by atoms with Crippen molar-refractivity contribution < 1.29 is 4.74 Å². The highest BCUT2D eigenvalue weighted by molar-refractivity contribution is 5.82. The van der Waals surface area contributed by atoms with Crippen LogP contribution in [0.25, 0.3) is 22.5 Å². The molecule has 0 bridgehead atoms. The lowest BCUT2D eigenvalue weighted by atomic mass is 9.88. The van der Waals surface area contributed by atoms with Crippen molar-refractivity contribution in [2.45, 2.75) is 46.0 Å². The third kappa shape index (κ3) is 3.36. The summed E-state index contributed by atoms with van der Waals surface area (Å²) in [5, 5.41) is 8.86. The molecule has 0 aliphatic heterocycles. The van der Waals surface area contributed by atoms with Gasteiger partial charge in [-0.2, -0.15) is 0 Å². The van der Waals surface area contributed by atoms with Crippen LogP contribution in [0.2, 0.25) is 0 Å². The average molecular weight is 361 g/mol. The SMILES string of the molecule is CCCCc1ccc2c(c1)CCc1cc(OCC)ccc1-c1nnn(C)c1-2. The Morgan fingerprint density at radius 3 is 2.56 bits per heavy atom. The fourth-order valence-electron chi connectivity index (χ4n) is 4.00. The number of hydrogen-bond acceptors (Lipinski definition) is 3. The molecule has 0 saturated carbocycles. The summed E-state index contributed by atoms with van der Waals surface area (Å²) in [4.78, 5) is 0. The van der Waals surface area contributed by atoms with E-state index in [1.54, 1.807) is 0 Å².